The molecular formula is C25H32N2O2. The molecule has 0 aliphatic heterocycles. The fourth-order valence-electron chi connectivity index (χ4n) is 3.84. The smallest absolute Gasteiger partial charge is 0.150 e. The van der Waals surface area contributed by atoms with Crippen LogP contribution in [0.25, 0.3) is 11.1 Å². The monoisotopic (exact) mass is 392 g/mol. The van der Waals surface area contributed by atoms with E-state index in [1.165, 1.54) is 5.56 Å². The zero-order chi connectivity index (χ0) is 20.9. The topological polar surface area (TPSA) is 41.6 Å². The first kappa shape index (κ1) is 21.1. The van der Waals surface area contributed by atoms with Crippen LogP contribution in [0.4, 0.5) is 0 Å². The van der Waals surface area contributed by atoms with Crippen LogP contribution in [-0.4, -0.2) is 38.5 Å². The minimum absolute atomic E-state index is 0.289. The van der Waals surface area contributed by atoms with Gasteiger partial charge in [-0.05, 0) is 54.9 Å². The summed E-state index contributed by atoms with van der Waals surface area (Å²) in [7, 11) is 3.70. The third kappa shape index (κ3) is 4.88. The summed E-state index contributed by atoms with van der Waals surface area (Å²) in [5, 5.41) is 3.50. The lowest BCUT2D eigenvalue weighted by Gasteiger charge is -2.35. The molecule has 0 aromatic heterocycles. The molecule has 0 heterocycles. The second-order valence-electron chi connectivity index (χ2n) is 8.05. The zero-order valence-electron chi connectivity index (χ0n) is 17.8. The minimum atomic E-state index is -0.744. The molecule has 4 nitrogen and oxygen atoms in total. The van der Waals surface area contributed by atoms with E-state index < -0.39 is 5.54 Å². The van der Waals surface area contributed by atoms with Crippen molar-refractivity contribution in [2.75, 3.05) is 27.3 Å². The largest absolute Gasteiger partial charge is 0.385 e. The van der Waals surface area contributed by atoms with Gasteiger partial charge in [-0.15, -0.1) is 0 Å². The number of carbonyl (C=O) groups is 1. The van der Waals surface area contributed by atoms with E-state index in [0.29, 0.717) is 6.61 Å². The Balaban J connectivity index is 1.88. The van der Waals surface area contributed by atoms with Crippen LogP contribution in [0.2, 0.25) is 0 Å². The van der Waals surface area contributed by atoms with E-state index in [1.54, 1.807) is 7.11 Å². The van der Waals surface area contributed by atoms with Gasteiger partial charge < -0.3 is 19.7 Å². The third-order valence-electron chi connectivity index (χ3n) is 5.75. The van der Waals surface area contributed by atoms with Crippen LogP contribution in [0.5, 0.6) is 0 Å². The molecule has 2 aromatic carbocycles. The molecule has 154 valence electrons. The van der Waals surface area contributed by atoms with Crippen LogP contribution in [0.3, 0.4) is 0 Å². The van der Waals surface area contributed by atoms with Gasteiger partial charge in [0.25, 0.3) is 0 Å². The lowest BCUT2D eigenvalue weighted by Crippen LogP contribution is -2.48. The van der Waals surface area contributed by atoms with Gasteiger partial charge in [0.2, 0.25) is 0 Å². The SMILES string of the molecule is C=C(NC(C=O)(c1cccc(-c2cccc(C)c2)c1)C1CC1)N(C)CCCOC. The molecule has 1 aliphatic rings. The fraction of sp³-hybridized carbons (Fsp3) is 0.400. The predicted molar refractivity (Wildman–Crippen MR) is 118 cm³/mol. The van der Waals surface area contributed by atoms with Gasteiger partial charge in [0.1, 0.15) is 11.8 Å². The second-order valence-corrected chi connectivity index (χ2v) is 8.05. The average molecular weight is 393 g/mol. The number of methoxy groups -OCH3 is 1. The Labute approximate surface area is 174 Å². The highest BCUT2D eigenvalue weighted by Gasteiger charge is 2.47. The van der Waals surface area contributed by atoms with Crippen molar-refractivity contribution in [1.29, 1.82) is 0 Å². The molecule has 1 N–H and O–H groups in total. The maximum absolute atomic E-state index is 12.5. The lowest BCUT2D eigenvalue weighted by molar-refractivity contribution is -0.114. The van der Waals surface area contributed by atoms with Crippen LogP contribution >= 0.6 is 0 Å². The van der Waals surface area contributed by atoms with Crippen molar-refractivity contribution >= 4 is 6.29 Å². The molecule has 2 aromatic rings. The first-order valence-corrected chi connectivity index (χ1v) is 10.3. The number of aldehydes is 1. The number of hydrogen-bond acceptors (Lipinski definition) is 4. The lowest BCUT2D eigenvalue weighted by atomic mass is 9.84. The predicted octanol–water partition coefficient (Wildman–Crippen LogP) is 4.50. The number of ether oxygens (including phenoxy) is 1. The van der Waals surface area contributed by atoms with E-state index in [0.717, 1.165) is 54.6 Å². The Morgan fingerprint density at radius 2 is 1.93 bits per heavy atom. The maximum Gasteiger partial charge on any atom is 0.150 e. The number of rotatable bonds is 11. The number of benzene rings is 2. The molecule has 0 spiro atoms. The minimum Gasteiger partial charge on any atom is -0.385 e. The van der Waals surface area contributed by atoms with Gasteiger partial charge in [-0.2, -0.15) is 0 Å². The van der Waals surface area contributed by atoms with Crippen LogP contribution in [0, 0.1) is 12.8 Å². The van der Waals surface area contributed by atoms with Crippen LogP contribution in [-0.2, 0) is 15.1 Å². The van der Waals surface area contributed by atoms with Gasteiger partial charge in [0.05, 0.1) is 5.82 Å². The van der Waals surface area contributed by atoms with E-state index >= 15 is 0 Å². The van der Waals surface area contributed by atoms with Crippen LogP contribution < -0.4 is 5.32 Å². The summed E-state index contributed by atoms with van der Waals surface area (Å²) in [6.45, 7) is 7.83. The third-order valence-corrected chi connectivity index (χ3v) is 5.75. The quantitative estimate of drug-likeness (QED) is 0.452. The van der Waals surface area contributed by atoms with Crippen molar-refractivity contribution < 1.29 is 9.53 Å². The number of aryl methyl sites for hydroxylation is 1. The fourth-order valence-corrected chi connectivity index (χ4v) is 3.84. The molecule has 4 heteroatoms. The molecule has 1 saturated carbocycles. The van der Waals surface area contributed by atoms with Gasteiger partial charge in [0, 0.05) is 27.3 Å². The first-order valence-electron chi connectivity index (χ1n) is 10.3. The van der Waals surface area contributed by atoms with Crippen molar-refractivity contribution in [3.05, 3.63) is 72.1 Å². The Morgan fingerprint density at radius 1 is 1.24 bits per heavy atom. The number of carbonyl (C=O) groups excluding carboxylic acids is 1. The number of nitrogens with zero attached hydrogens (tertiary/aromatic N) is 1. The average Bonchev–Trinajstić information content (AvgIpc) is 3.58. The van der Waals surface area contributed by atoms with Crippen molar-refractivity contribution in [3.63, 3.8) is 0 Å². The first-order chi connectivity index (χ1) is 14.0. The molecule has 0 saturated heterocycles. The Kier molecular flexibility index (Phi) is 6.75. The van der Waals surface area contributed by atoms with Gasteiger partial charge >= 0.3 is 0 Å². The van der Waals surface area contributed by atoms with Crippen molar-refractivity contribution in [3.8, 4) is 11.1 Å². The molecule has 1 unspecified atom stereocenters. The van der Waals surface area contributed by atoms with E-state index in [-0.39, 0.29) is 5.92 Å². The van der Waals surface area contributed by atoms with E-state index in [4.69, 9.17) is 4.74 Å². The molecule has 0 radical (unpaired) electrons. The number of hydrogen-bond donors (Lipinski definition) is 1. The molecule has 29 heavy (non-hydrogen) atoms. The number of nitrogens with one attached hydrogen (secondary N) is 1. The molecule has 1 fully saturated rings. The summed E-state index contributed by atoms with van der Waals surface area (Å²) in [6, 6.07) is 16.8. The molecule has 1 atom stereocenters. The molecule has 1 aliphatic carbocycles. The van der Waals surface area contributed by atoms with Gasteiger partial charge in [-0.1, -0.05) is 54.6 Å². The Bertz CT molecular complexity index is 859. The molecule has 0 bridgehead atoms. The van der Waals surface area contributed by atoms with Crippen molar-refractivity contribution in [1.82, 2.24) is 10.2 Å². The molecule has 3 rings (SSSR count). The summed E-state index contributed by atoms with van der Waals surface area (Å²) in [4.78, 5) is 14.5. The van der Waals surface area contributed by atoms with E-state index in [2.05, 4.69) is 66.2 Å². The highest BCUT2D eigenvalue weighted by atomic mass is 16.5. The van der Waals surface area contributed by atoms with Gasteiger partial charge in [0.15, 0.2) is 0 Å². The Hall–Kier alpha value is -2.59. The second kappa shape index (κ2) is 9.27. The van der Waals surface area contributed by atoms with Gasteiger partial charge in [-0.3, -0.25) is 0 Å². The summed E-state index contributed by atoms with van der Waals surface area (Å²) >= 11 is 0. The summed E-state index contributed by atoms with van der Waals surface area (Å²) in [6.07, 6.45) is 4.07. The van der Waals surface area contributed by atoms with E-state index in [1.807, 2.05) is 13.1 Å². The highest BCUT2D eigenvalue weighted by molar-refractivity contribution is 5.73. The zero-order valence-corrected chi connectivity index (χ0v) is 17.8. The van der Waals surface area contributed by atoms with Gasteiger partial charge in [-0.25, -0.2) is 0 Å². The van der Waals surface area contributed by atoms with Crippen molar-refractivity contribution in [2.24, 2.45) is 5.92 Å². The highest BCUT2D eigenvalue weighted by Crippen LogP contribution is 2.45. The normalized spacial score (nSPS) is 15.4. The van der Waals surface area contributed by atoms with E-state index in [9.17, 15) is 4.79 Å². The van der Waals surface area contributed by atoms with Crippen LogP contribution in [0.1, 0.15) is 30.4 Å². The summed E-state index contributed by atoms with van der Waals surface area (Å²) in [5.74, 6) is 1.05. The standard InChI is InChI=1S/C25H32N2O2/c1-19-8-5-9-21(16-19)22-10-6-11-24(17-22)25(18-28,23-12-13-23)26-20(2)27(3)14-7-15-29-4/h5-6,8-11,16-18,23,26H,2,7,12-15H2,1,3-4H3. The maximum atomic E-state index is 12.5. The summed E-state index contributed by atoms with van der Waals surface area (Å²) < 4.78 is 5.14. The van der Waals surface area contributed by atoms with Crippen LogP contribution in [0.15, 0.2) is 60.9 Å². The molecular weight excluding hydrogens is 360 g/mol. The summed E-state index contributed by atoms with van der Waals surface area (Å²) in [5.41, 5.74) is 3.77. The Morgan fingerprint density at radius 3 is 2.55 bits per heavy atom. The van der Waals surface area contributed by atoms with Crippen molar-refractivity contribution in [2.45, 2.75) is 31.7 Å². The molecule has 0 amide bonds.